The van der Waals surface area contributed by atoms with E-state index in [1.807, 2.05) is 48.5 Å². The molecule has 0 saturated carbocycles. The average Bonchev–Trinajstić information content (AvgIpc) is 3.34. The summed E-state index contributed by atoms with van der Waals surface area (Å²) in [7, 11) is 0. The Morgan fingerprint density at radius 3 is 2.56 bits per heavy atom. The molecule has 0 atom stereocenters. The third-order valence-electron chi connectivity index (χ3n) is 4.56. The Morgan fingerprint density at radius 2 is 1.89 bits per heavy atom. The Morgan fingerprint density at radius 1 is 1.11 bits per heavy atom. The van der Waals surface area contributed by atoms with E-state index in [2.05, 4.69) is 22.9 Å². The van der Waals surface area contributed by atoms with Gasteiger partial charge in [-0.1, -0.05) is 30.3 Å². The molecule has 4 aromatic rings. The Hall–Kier alpha value is -3.78. The van der Waals surface area contributed by atoms with E-state index in [9.17, 15) is 10.1 Å². The monoisotopic (exact) mass is 355 g/mol. The second-order valence-electron chi connectivity index (χ2n) is 6.11. The first-order chi connectivity index (χ1) is 13.2. The number of carbonyl (C=O) groups excluding carboxylic acids is 1. The summed E-state index contributed by atoms with van der Waals surface area (Å²) in [4.78, 5) is 12.1. The molecule has 0 bridgehead atoms. The van der Waals surface area contributed by atoms with Crippen LogP contribution >= 0.6 is 0 Å². The number of amides is 1. The number of anilines is 1. The van der Waals surface area contributed by atoms with Crippen LogP contribution in [0.2, 0.25) is 0 Å². The maximum absolute atomic E-state index is 12.1. The highest BCUT2D eigenvalue weighted by Gasteiger charge is 2.17. The number of nitriles is 1. The van der Waals surface area contributed by atoms with E-state index < -0.39 is 0 Å². The van der Waals surface area contributed by atoms with Gasteiger partial charge in [-0.15, -0.1) is 0 Å². The van der Waals surface area contributed by atoms with Gasteiger partial charge in [-0.2, -0.15) is 5.26 Å². The van der Waals surface area contributed by atoms with Crippen molar-refractivity contribution < 1.29 is 9.21 Å². The molecule has 2 heterocycles. The number of fused-ring (bicyclic) bond motifs is 1. The van der Waals surface area contributed by atoms with E-state index in [0.717, 1.165) is 28.7 Å². The summed E-state index contributed by atoms with van der Waals surface area (Å²) >= 11 is 0. The lowest BCUT2D eigenvalue weighted by Crippen LogP contribution is -2.10. The highest BCUT2D eigenvalue weighted by atomic mass is 16.3. The molecule has 0 fully saturated rings. The molecular weight excluding hydrogens is 338 g/mol. The highest BCUT2D eigenvalue weighted by molar-refractivity contribution is 6.02. The predicted octanol–water partition coefficient (Wildman–Crippen LogP) is 5.05. The zero-order valence-corrected chi connectivity index (χ0v) is 14.8. The molecule has 5 heteroatoms. The summed E-state index contributed by atoms with van der Waals surface area (Å²) in [6.07, 6.45) is 1.46. The molecule has 5 nitrogen and oxygen atoms in total. The highest BCUT2D eigenvalue weighted by Crippen LogP contribution is 2.33. The Labute approximate surface area is 156 Å². The van der Waals surface area contributed by atoms with Crippen molar-refractivity contribution in [2.45, 2.75) is 13.5 Å². The van der Waals surface area contributed by atoms with Crippen molar-refractivity contribution in [1.29, 1.82) is 5.26 Å². The van der Waals surface area contributed by atoms with Crippen molar-refractivity contribution in [1.82, 2.24) is 4.57 Å². The number of rotatable bonds is 4. The number of hydrogen-bond donors (Lipinski definition) is 1. The van der Waals surface area contributed by atoms with E-state index in [4.69, 9.17) is 4.42 Å². The smallest absolute Gasteiger partial charge is 0.291 e. The van der Waals surface area contributed by atoms with Gasteiger partial charge < -0.3 is 14.3 Å². The van der Waals surface area contributed by atoms with Crippen LogP contribution in [0.4, 0.5) is 5.69 Å². The van der Waals surface area contributed by atoms with E-state index >= 15 is 0 Å². The van der Waals surface area contributed by atoms with Crippen LogP contribution in [0.5, 0.6) is 0 Å². The topological polar surface area (TPSA) is 71.0 Å². The number of aromatic nitrogens is 1. The van der Waals surface area contributed by atoms with Crippen molar-refractivity contribution in [2.75, 3.05) is 5.32 Å². The zero-order chi connectivity index (χ0) is 18.8. The Bertz CT molecular complexity index is 1150. The predicted molar refractivity (Wildman–Crippen MR) is 104 cm³/mol. The fourth-order valence-corrected chi connectivity index (χ4v) is 3.36. The number of nitrogens with one attached hydrogen (secondary N) is 1. The number of para-hydroxylation sites is 1. The van der Waals surface area contributed by atoms with Gasteiger partial charge in [-0.3, -0.25) is 4.79 Å². The van der Waals surface area contributed by atoms with E-state index in [1.165, 1.54) is 6.26 Å². The number of nitrogens with zero attached hydrogens (tertiary/aromatic N) is 2. The first kappa shape index (κ1) is 16.7. The van der Waals surface area contributed by atoms with Gasteiger partial charge >= 0.3 is 0 Å². The summed E-state index contributed by atoms with van der Waals surface area (Å²) in [6.45, 7) is 2.82. The summed E-state index contributed by atoms with van der Waals surface area (Å²) < 4.78 is 7.25. The van der Waals surface area contributed by atoms with Crippen LogP contribution in [0.1, 0.15) is 23.0 Å². The maximum Gasteiger partial charge on any atom is 0.291 e. The average molecular weight is 355 g/mol. The minimum absolute atomic E-state index is 0.261. The number of furan rings is 1. The van der Waals surface area contributed by atoms with Crippen molar-refractivity contribution >= 4 is 22.5 Å². The summed E-state index contributed by atoms with van der Waals surface area (Å²) in [5.41, 5.74) is 4.20. The van der Waals surface area contributed by atoms with Crippen LogP contribution in [0.25, 0.3) is 22.2 Å². The van der Waals surface area contributed by atoms with Crippen LogP contribution in [0, 0.1) is 11.3 Å². The molecule has 0 unspecified atom stereocenters. The minimum Gasteiger partial charge on any atom is -0.459 e. The summed E-state index contributed by atoms with van der Waals surface area (Å²) in [5.74, 6) is -0.0370. The molecule has 1 amide bonds. The molecule has 2 aromatic heterocycles. The normalized spacial score (nSPS) is 10.7. The zero-order valence-electron chi connectivity index (χ0n) is 14.8. The van der Waals surface area contributed by atoms with Crippen LogP contribution in [-0.4, -0.2) is 10.5 Å². The van der Waals surface area contributed by atoms with Gasteiger partial charge in [0.2, 0.25) is 0 Å². The Kier molecular flexibility index (Phi) is 4.23. The lowest BCUT2D eigenvalue weighted by molar-refractivity contribution is 0.0996. The number of hydrogen-bond acceptors (Lipinski definition) is 3. The third kappa shape index (κ3) is 2.87. The second kappa shape index (κ2) is 6.85. The van der Waals surface area contributed by atoms with Crippen LogP contribution in [-0.2, 0) is 6.54 Å². The lowest BCUT2D eigenvalue weighted by Gasteiger charge is -2.10. The van der Waals surface area contributed by atoms with E-state index in [0.29, 0.717) is 11.3 Å². The molecule has 0 aliphatic heterocycles. The minimum atomic E-state index is -0.298. The van der Waals surface area contributed by atoms with Crippen LogP contribution in [0.3, 0.4) is 0 Å². The van der Waals surface area contributed by atoms with Gasteiger partial charge in [0.05, 0.1) is 17.5 Å². The number of aryl methyl sites for hydroxylation is 1. The first-order valence-corrected chi connectivity index (χ1v) is 8.69. The fraction of sp³-hybridized carbons (Fsp3) is 0.0909. The van der Waals surface area contributed by atoms with Gasteiger partial charge in [0.15, 0.2) is 5.76 Å². The molecule has 0 aliphatic rings. The number of carbonyl (C=O) groups is 1. The van der Waals surface area contributed by atoms with Gasteiger partial charge in [-0.25, -0.2) is 0 Å². The van der Waals surface area contributed by atoms with Crippen LogP contribution < -0.4 is 5.32 Å². The van der Waals surface area contributed by atoms with Gasteiger partial charge in [-0.05, 0) is 42.8 Å². The number of benzene rings is 2. The molecule has 27 heavy (non-hydrogen) atoms. The third-order valence-corrected chi connectivity index (χ3v) is 4.56. The standard InChI is InChI=1S/C22H17N3O2/c1-2-25-19-7-4-3-6-17(19)18(14-23)21(25)15-9-11-16(12-10-15)24-22(26)20-8-5-13-27-20/h3-13H,2H2,1H3,(H,24,26). The van der Waals surface area contributed by atoms with Crippen molar-refractivity contribution in [3.8, 4) is 17.3 Å². The summed E-state index contributed by atoms with van der Waals surface area (Å²) in [6, 6.07) is 21.1. The second-order valence-corrected chi connectivity index (χ2v) is 6.11. The molecule has 4 rings (SSSR count). The van der Waals surface area contributed by atoms with Gasteiger partial charge in [0, 0.05) is 23.1 Å². The Balaban J connectivity index is 1.72. The molecule has 2 aromatic carbocycles. The molecule has 132 valence electrons. The van der Waals surface area contributed by atoms with E-state index in [1.54, 1.807) is 12.1 Å². The van der Waals surface area contributed by atoms with Crippen molar-refractivity contribution in [3.63, 3.8) is 0 Å². The SMILES string of the molecule is CCn1c(-c2ccc(NC(=O)c3ccco3)cc2)c(C#N)c2ccccc21. The van der Waals surface area contributed by atoms with Crippen molar-refractivity contribution in [3.05, 3.63) is 78.3 Å². The van der Waals surface area contributed by atoms with Gasteiger partial charge in [0.25, 0.3) is 5.91 Å². The fourth-order valence-electron chi connectivity index (χ4n) is 3.36. The molecule has 1 N–H and O–H groups in total. The van der Waals surface area contributed by atoms with E-state index in [-0.39, 0.29) is 11.7 Å². The van der Waals surface area contributed by atoms with Gasteiger partial charge in [0.1, 0.15) is 6.07 Å². The largest absolute Gasteiger partial charge is 0.459 e. The van der Waals surface area contributed by atoms with Crippen molar-refractivity contribution in [2.24, 2.45) is 0 Å². The molecular formula is C22H17N3O2. The van der Waals surface area contributed by atoms with Crippen LogP contribution in [0.15, 0.2) is 71.3 Å². The quantitative estimate of drug-likeness (QED) is 0.557. The molecule has 0 spiro atoms. The lowest BCUT2D eigenvalue weighted by atomic mass is 10.1. The summed E-state index contributed by atoms with van der Waals surface area (Å²) in [5, 5.41) is 13.5. The maximum atomic E-state index is 12.1. The molecule has 0 radical (unpaired) electrons. The first-order valence-electron chi connectivity index (χ1n) is 8.69. The molecule has 0 aliphatic carbocycles. The molecule has 0 saturated heterocycles.